The maximum atomic E-state index is 13.6. The number of hydrogen-bond acceptors (Lipinski definition) is 3. The van der Waals surface area contributed by atoms with Crippen LogP contribution in [0.3, 0.4) is 0 Å². The van der Waals surface area contributed by atoms with Gasteiger partial charge in [0.25, 0.3) is 0 Å². The molecule has 1 aliphatic rings. The van der Waals surface area contributed by atoms with E-state index in [1.807, 2.05) is 0 Å². The molecule has 1 aromatic heterocycles. The number of aromatic nitrogens is 2. The van der Waals surface area contributed by atoms with Gasteiger partial charge in [-0.25, -0.2) is 9.07 Å². The molecule has 1 aromatic carbocycles. The van der Waals surface area contributed by atoms with Crippen molar-refractivity contribution in [3.8, 4) is 0 Å². The number of rotatable bonds is 4. The predicted octanol–water partition coefficient (Wildman–Crippen LogP) is 3.60. The fraction of sp³-hybridized carbons (Fsp3) is 0.412. The molecule has 0 spiro atoms. The fourth-order valence-electron chi connectivity index (χ4n) is 3.07. The zero-order chi connectivity index (χ0) is 17.1. The lowest BCUT2D eigenvalue weighted by Crippen LogP contribution is -2.34. The minimum absolute atomic E-state index is 0. The molecule has 5 nitrogen and oxygen atoms in total. The summed E-state index contributed by atoms with van der Waals surface area (Å²) in [4.78, 5) is 12.4. The number of carbonyl (C=O) groups excluding carboxylic acids is 1. The highest BCUT2D eigenvalue weighted by molar-refractivity contribution is 6.30. The van der Waals surface area contributed by atoms with Gasteiger partial charge in [-0.2, -0.15) is 5.10 Å². The Balaban J connectivity index is 0.00000225. The molecule has 3 N–H and O–H groups in total. The number of hydrogen-bond donors (Lipinski definition) is 2. The molecule has 3 rings (SSSR count). The number of carbonyl (C=O) groups is 1. The van der Waals surface area contributed by atoms with E-state index in [1.54, 1.807) is 23.0 Å². The van der Waals surface area contributed by atoms with Crippen LogP contribution < -0.4 is 11.1 Å². The van der Waals surface area contributed by atoms with Crippen LogP contribution in [0.5, 0.6) is 0 Å². The third-order valence-corrected chi connectivity index (χ3v) is 4.68. The number of amides is 1. The van der Waals surface area contributed by atoms with Crippen molar-refractivity contribution in [3.05, 3.63) is 46.9 Å². The average molecular weight is 387 g/mol. The first-order valence-electron chi connectivity index (χ1n) is 8.05. The van der Waals surface area contributed by atoms with Crippen LogP contribution in [0.2, 0.25) is 5.02 Å². The van der Waals surface area contributed by atoms with E-state index in [0.717, 1.165) is 24.8 Å². The SMILES string of the molecule is Cl.NC1CCCC(C(=O)Nc2ccnn2Cc2ccc(Cl)c(F)c2)C1. The van der Waals surface area contributed by atoms with Gasteiger partial charge in [0.1, 0.15) is 11.6 Å². The summed E-state index contributed by atoms with van der Waals surface area (Å²) in [6.07, 6.45) is 5.12. The van der Waals surface area contributed by atoms with Gasteiger partial charge < -0.3 is 11.1 Å². The monoisotopic (exact) mass is 386 g/mol. The molecule has 2 atom stereocenters. The zero-order valence-electron chi connectivity index (χ0n) is 13.6. The summed E-state index contributed by atoms with van der Waals surface area (Å²) in [6.45, 7) is 0.348. The van der Waals surface area contributed by atoms with Crippen molar-refractivity contribution in [2.75, 3.05) is 5.32 Å². The topological polar surface area (TPSA) is 72.9 Å². The molecule has 1 aliphatic carbocycles. The number of nitrogens with zero attached hydrogens (tertiary/aromatic N) is 2. The van der Waals surface area contributed by atoms with Gasteiger partial charge in [-0.1, -0.05) is 24.1 Å². The quantitative estimate of drug-likeness (QED) is 0.842. The van der Waals surface area contributed by atoms with Gasteiger partial charge in [-0.3, -0.25) is 4.79 Å². The summed E-state index contributed by atoms with van der Waals surface area (Å²) >= 11 is 5.70. The van der Waals surface area contributed by atoms with Crippen LogP contribution in [0.15, 0.2) is 30.5 Å². The zero-order valence-corrected chi connectivity index (χ0v) is 15.2. The smallest absolute Gasteiger partial charge is 0.228 e. The van der Waals surface area contributed by atoms with Gasteiger partial charge in [0.15, 0.2) is 0 Å². The molecule has 25 heavy (non-hydrogen) atoms. The van der Waals surface area contributed by atoms with Gasteiger partial charge in [0.2, 0.25) is 5.91 Å². The van der Waals surface area contributed by atoms with Crippen LogP contribution in [0, 0.1) is 11.7 Å². The second-order valence-electron chi connectivity index (χ2n) is 6.24. The molecule has 0 saturated heterocycles. The Bertz CT molecular complexity index is 737. The molecule has 8 heteroatoms. The second-order valence-corrected chi connectivity index (χ2v) is 6.64. The number of nitrogens with two attached hydrogens (primary N) is 1. The van der Waals surface area contributed by atoms with E-state index in [-0.39, 0.29) is 35.3 Å². The van der Waals surface area contributed by atoms with Crippen LogP contribution in [-0.4, -0.2) is 21.7 Å². The first-order valence-corrected chi connectivity index (χ1v) is 8.43. The van der Waals surface area contributed by atoms with Crippen LogP contribution >= 0.6 is 24.0 Å². The fourth-order valence-corrected chi connectivity index (χ4v) is 3.19. The van der Waals surface area contributed by atoms with Crippen molar-refractivity contribution in [3.63, 3.8) is 0 Å². The van der Waals surface area contributed by atoms with Crippen LogP contribution in [0.4, 0.5) is 10.2 Å². The molecule has 1 amide bonds. The van der Waals surface area contributed by atoms with Crippen LogP contribution in [0.25, 0.3) is 0 Å². The summed E-state index contributed by atoms with van der Waals surface area (Å²) in [6, 6.07) is 6.44. The van der Waals surface area contributed by atoms with Gasteiger partial charge >= 0.3 is 0 Å². The maximum Gasteiger partial charge on any atom is 0.228 e. The van der Waals surface area contributed by atoms with Gasteiger partial charge in [0.05, 0.1) is 17.8 Å². The van der Waals surface area contributed by atoms with Crippen molar-refractivity contribution in [2.24, 2.45) is 11.7 Å². The average Bonchev–Trinajstić information content (AvgIpc) is 2.98. The van der Waals surface area contributed by atoms with E-state index in [2.05, 4.69) is 10.4 Å². The Morgan fingerprint density at radius 2 is 2.20 bits per heavy atom. The van der Waals surface area contributed by atoms with Gasteiger partial charge in [-0.15, -0.1) is 12.4 Å². The summed E-state index contributed by atoms with van der Waals surface area (Å²) in [5.74, 6) is 0.0249. The van der Waals surface area contributed by atoms with E-state index in [9.17, 15) is 9.18 Å². The Kier molecular flexibility index (Phi) is 6.81. The summed E-state index contributed by atoms with van der Waals surface area (Å²) in [5, 5.41) is 7.20. The third kappa shape index (κ3) is 4.93. The van der Waals surface area contributed by atoms with Crippen molar-refractivity contribution in [1.82, 2.24) is 9.78 Å². The number of benzene rings is 1. The Labute approximate surface area is 157 Å². The van der Waals surface area contributed by atoms with E-state index in [4.69, 9.17) is 17.3 Å². The van der Waals surface area contributed by atoms with Crippen molar-refractivity contribution in [1.29, 1.82) is 0 Å². The lowest BCUT2D eigenvalue weighted by molar-refractivity contribution is -0.120. The van der Waals surface area contributed by atoms with Crippen molar-refractivity contribution in [2.45, 2.75) is 38.3 Å². The summed E-state index contributed by atoms with van der Waals surface area (Å²) in [5.41, 5.74) is 6.67. The highest BCUT2D eigenvalue weighted by atomic mass is 35.5. The van der Waals surface area contributed by atoms with Crippen molar-refractivity contribution >= 4 is 35.7 Å². The molecule has 0 aliphatic heterocycles. The molecule has 1 fully saturated rings. The van der Waals surface area contributed by atoms with E-state index >= 15 is 0 Å². The molecular weight excluding hydrogens is 366 g/mol. The first-order chi connectivity index (χ1) is 11.5. The Morgan fingerprint density at radius 1 is 1.40 bits per heavy atom. The number of nitrogens with one attached hydrogen (secondary N) is 1. The van der Waals surface area contributed by atoms with Crippen molar-refractivity contribution < 1.29 is 9.18 Å². The maximum absolute atomic E-state index is 13.6. The van der Waals surface area contributed by atoms with E-state index in [1.165, 1.54) is 12.1 Å². The molecule has 2 aromatic rings. The summed E-state index contributed by atoms with van der Waals surface area (Å²) in [7, 11) is 0. The summed E-state index contributed by atoms with van der Waals surface area (Å²) < 4.78 is 15.2. The molecule has 0 radical (unpaired) electrons. The van der Waals surface area contributed by atoms with Gasteiger partial charge in [0, 0.05) is 18.0 Å². The van der Waals surface area contributed by atoms with E-state index < -0.39 is 5.82 Å². The molecule has 2 unspecified atom stereocenters. The normalized spacial score (nSPS) is 20.0. The Hall–Kier alpha value is -1.63. The Morgan fingerprint density at radius 3 is 2.92 bits per heavy atom. The molecular formula is C17H21Cl2FN4O. The van der Waals surface area contributed by atoms with Gasteiger partial charge in [-0.05, 0) is 37.0 Å². The van der Waals surface area contributed by atoms with Crippen LogP contribution in [-0.2, 0) is 11.3 Å². The van der Waals surface area contributed by atoms with E-state index in [0.29, 0.717) is 18.8 Å². The molecule has 136 valence electrons. The number of halogens is 3. The molecule has 1 saturated carbocycles. The largest absolute Gasteiger partial charge is 0.328 e. The standard InChI is InChI=1S/C17H20ClFN4O.ClH/c18-14-5-4-11(8-15(14)19)10-23-16(6-7-21-23)22-17(24)12-2-1-3-13(20)9-12;/h4-8,12-13H,1-3,9-10,20H2,(H,22,24);1H. The third-order valence-electron chi connectivity index (χ3n) is 4.37. The van der Waals surface area contributed by atoms with Crippen LogP contribution in [0.1, 0.15) is 31.2 Å². The predicted molar refractivity (Wildman–Crippen MR) is 98.6 cm³/mol. The minimum atomic E-state index is -0.469. The second kappa shape index (κ2) is 8.65. The highest BCUT2D eigenvalue weighted by Crippen LogP contribution is 2.25. The molecule has 0 bridgehead atoms. The first kappa shape index (κ1) is 19.7. The lowest BCUT2D eigenvalue weighted by Gasteiger charge is -2.25. The molecule has 1 heterocycles. The number of anilines is 1. The highest BCUT2D eigenvalue weighted by Gasteiger charge is 2.25. The lowest BCUT2D eigenvalue weighted by atomic mass is 9.85. The minimum Gasteiger partial charge on any atom is -0.328 e.